The number of imidazole rings is 1. The second-order valence-corrected chi connectivity index (χ2v) is 7.82. The van der Waals surface area contributed by atoms with Crippen molar-refractivity contribution in [3.05, 3.63) is 47.0 Å². The molecule has 136 valence electrons. The zero-order valence-corrected chi connectivity index (χ0v) is 16.1. The quantitative estimate of drug-likeness (QED) is 0.653. The maximum absolute atomic E-state index is 6.35. The monoisotopic (exact) mass is 370 g/mol. The summed E-state index contributed by atoms with van der Waals surface area (Å²) in [4.78, 5) is 13.1. The Hall–Kier alpha value is -2.14. The summed E-state index contributed by atoms with van der Waals surface area (Å²) in [5, 5.41) is 4.38. The van der Waals surface area contributed by atoms with Crippen LogP contribution in [0, 0.1) is 0 Å². The van der Waals surface area contributed by atoms with E-state index < -0.39 is 0 Å². The first-order chi connectivity index (χ1) is 12.6. The van der Waals surface area contributed by atoms with Crippen LogP contribution in [0.15, 0.2) is 30.6 Å². The summed E-state index contributed by atoms with van der Waals surface area (Å²) in [6.45, 7) is 4.94. The summed E-state index contributed by atoms with van der Waals surface area (Å²) in [6, 6.07) is 8.43. The molecule has 2 N–H and O–H groups in total. The minimum Gasteiger partial charge on any atom is -0.352 e. The van der Waals surface area contributed by atoms with Gasteiger partial charge in [-0.15, -0.1) is 0 Å². The van der Waals surface area contributed by atoms with Gasteiger partial charge in [0.05, 0.1) is 6.54 Å². The average Bonchev–Trinajstić information content (AvgIpc) is 3.28. The van der Waals surface area contributed by atoms with E-state index >= 15 is 0 Å². The van der Waals surface area contributed by atoms with Crippen LogP contribution in [-0.4, -0.2) is 21.0 Å². The zero-order valence-electron chi connectivity index (χ0n) is 15.3. The first-order valence-corrected chi connectivity index (χ1v) is 9.77. The molecule has 0 radical (unpaired) electrons. The highest BCUT2D eigenvalue weighted by Crippen LogP contribution is 2.25. The van der Waals surface area contributed by atoms with E-state index in [9.17, 15) is 0 Å². The van der Waals surface area contributed by atoms with Crippen molar-refractivity contribution in [1.82, 2.24) is 15.0 Å². The molecule has 2 aromatic heterocycles. The maximum atomic E-state index is 6.35. The molecule has 0 unspecified atom stereocenters. The molecular formula is C20H25ClN5+. The number of halogens is 1. The van der Waals surface area contributed by atoms with Crippen molar-refractivity contribution >= 4 is 28.6 Å². The summed E-state index contributed by atoms with van der Waals surface area (Å²) in [5.41, 5.74) is 2.96. The normalized spacial score (nSPS) is 15.2. The maximum Gasteiger partial charge on any atom is 0.294 e. The molecule has 2 heterocycles. The number of nitrogens with one attached hydrogen (secondary N) is 2. The lowest BCUT2D eigenvalue weighted by molar-refractivity contribution is -0.667. The van der Waals surface area contributed by atoms with Crippen molar-refractivity contribution in [2.45, 2.75) is 58.0 Å². The molecule has 5 nitrogen and oxygen atoms in total. The molecule has 4 rings (SSSR count). The number of fused-ring (bicyclic) bond motifs is 1. The second-order valence-electron chi connectivity index (χ2n) is 7.41. The van der Waals surface area contributed by atoms with Crippen molar-refractivity contribution in [3.63, 3.8) is 0 Å². The van der Waals surface area contributed by atoms with Gasteiger partial charge in [0.1, 0.15) is 0 Å². The molecule has 0 aliphatic heterocycles. The van der Waals surface area contributed by atoms with Crippen molar-refractivity contribution in [1.29, 1.82) is 0 Å². The smallest absolute Gasteiger partial charge is 0.294 e. The summed E-state index contributed by atoms with van der Waals surface area (Å²) >= 11 is 6.35. The Balaban J connectivity index is 1.75. The molecule has 0 saturated heterocycles. The summed E-state index contributed by atoms with van der Waals surface area (Å²) in [7, 11) is 0. The van der Waals surface area contributed by atoms with Crippen LogP contribution < -0.4 is 9.88 Å². The number of hydrogen-bond acceptors (Lipinski definition) is 3. The molecule has 3 aromatic rings. The fourth-order valence-corrected chi connectivity index (χ4v) is 3.77. The molecule has 1 aliphatic rings. The van der Waals surface area contributed by atoms with Crippen LogP contribution in [0.1, 0.15) is 56.8 Å². The van der Waals surface area contributed by atoms with E-state index in [0.29, 0.717) is 18.5 Å². The molecule has 6 heteroatoms. The zero-order chi connectivity index (χ0) is 18.1. The molecule has 0 bridgehead atoms. The van der Waals surface area contributed by atoms with Crippen molar-refractivity contribution in [3.8, 4) is 0 Å². The first-order valence-electron chi connectivity index (χ1n) is 9.40. The lowest BCUT2D eigenvalue weighted by Gasteiger charge is -2.11. The molecule has 0 spiro atoms. The van der Waals surface area contributed by atoms with Crippen LogP contribution >= 0.6 is 11.6 Å². The van der Waals surface area contributed by atoms with Gasteiger partial charge in [-0.25, -0.2) is 4.57 Å². The third kappa shape index (κ3) is 3.40. The van der Waals surface area contributed by atoms with Crippen LogP contribution in [0.25, 0.3) is 11.2 Å². The van der Waals surface area contributed by atoms with E-state index in [1.807, 2.05) is 30.6 Å². The number of nitrogens with zero attached hydrogens (tertiary/aromatic N) is 3. The van der Waals surface area contributed by atoms with Gasteiger partial charge in [0, 0.05) is 22.5 Å². The predicted octanol–water partition coefficient (Wildman–Crippen LogP) is 4.43. The highest BCUT2D eigenvalue weighted by atomic mass is 35.5. The topological polar surface area (TPSA) is 57.5 Å². The number of aromatic amines is 1. The summed E-state index contributed by atoms with van der Waals surface area (Å²) in [6.07, 6.45) is 6.88. The van der Waals surface area contributed by atoms with Crippen LogP contribution in [0.5, 0.6) is 0 Å². The Kier molecular flexibility index (Phi) is 4.81. The van der Waals surface area contributed by atoms with Crippen LogP contribution in [-0.2, 0) is 6.54 Å². The highest BCUT2D eigenvalue weighted by molar-refractivity contribution is 6.31. The van der Waals surface area contributed by atoms with E-state index in [0.717, 1.165) is 33.4 Å². The van der Waals surface area contributed by atoms with Gasteiger partial charge in [0.25, 0.3) is 5.65 Å². The molecule has 0 amide bonds. The number of benzene rings is 1. The fraction of sp³-hybridized carbons (Fsp3) is 0.450. The second kappa shape index (κ2) is 7.23. The van der Waals surface area contributed by atoms with Crippen LogP contribution in [0.3, 0.4) is 0 Å². The number of anilines is 1. The van der Waals surface area contributed by atoms with Crippen LogP contribution in [0.2, 0.25) is 5.02 Å². The molecule has 1 fully saturated rings. The molecule has 1 aromatic carbocycles. The van der Waals surface area contributed by atoms with Crippen molar-refractivity contribution in [2.24, 2.45) is 0 Å². The molecular weight excluding hydrogens is 346 g/mol. The SMILES string of the molecule is CC(C)c1nc2c([nH]1)c(NC1CCCC1)nc[n+]2Cc1ccccc1Cl. The van der Waals surface area contributed by atoms with Gasteiger partial charge in [-0.3, -0.25) is 0 Å². The van der Waals surface area contributed by atoms with Crippen molar-refractivity contribution < 1.29 is 4.57 Å². The lowest BCUT2D eigenvalue weighted by atomic mass is 10.2. The largest absolute Gasteiger partial charge is 0.352 e. The minimum atomic E-state index is 0.329. The Bertz CT molecular complexity index is 912. The molecule has 1 aliphatic carbocycles. The van der Waals surface area contributed by atoms with E-state index in [4.69, 9.17) is 21.6 Å². The first kappa shape index (κ1) is 17.3. The predicted molar refractivity (Wildman–Crippen MR) is 105 cm³/mol. The van der Waals surface area contributed by atoms with Gasteiger partial charge in [-0.1, -0.05) is 66.5 Å². The van der Waals surface area contributed by atoms with Gasteiger partial charge in [0.15, 0.2) is 11.3 Å². The number of rotatable bonds is 5. The summed E-state index contributed by atoms with van der Waals surface area (Å²) in [5.74, 6) is 2.22. The van der Waals surface area contributed by atoms with Crippen LogP contribution in [0.4, 0.5) is 5.82 Å². The molecule has 26 heavy (non-hydrogen) atoms. The number of hydrogen-bond donors (Lipinski definition) is 2. The lowest BCUT2D eigenvalue weighted by Crippen LogP contribution is -2.36. The van der Waals surface area contributed by atoms with Gasteiger partial charge in [-0.05, 0) is 18.9 Å². The average molecular weight is 371 g/mol. The molecule has 1 saturated carbocycles. The van der Waals surface area contributed by atoms with E-state index in [2.05, 4.69) is 28.7 Å². The standard InChI is InChI=1S/C20H24ClN5/c1-13(2)18-24-17-19(23-15-8-4-5-9-15)22-12-26(20(17)25-18)11-14-7-3-6-10-16(14)21/h3,6-7,10,12-13,15H,4-5,8-9,11H2,1-2H3,(H,23,24,25)/p+1. The highest BCUT2D eigenvalue weighted by Gasteiger charge is 2.24. The Morgan fingerprint density at radius 3 is 2.77 bits per heavy atom. The number of aromatic nitrogens is 4. The molecule has 0 atom stereocenters. The third-order valence-electron chi connectivity index (χ3n) is 5.08. The third-order valence-corrected chi connectivity index (χ3v) is 5.45. The Labute approximate surface area is 158 Å². The van der Waals surface area contributed by atoms with E-state index in [-0.39, 0.29) is 0 Å². The van der Waals surface area contributed by atoms with Gasteiger partial charge >= 0.3 is 0 Å². The Morgan fingerprint density at radius 1 is 1.27 bits per heavy atom. The number of H-pyrrole nitrogens is 1. The fourth-order valence-electron chi connectivity index (χ4n) is 3.57. The van der Waals surface area contributed by atoms with Gasteiger partial charge < -0.3 is 10.3 Å². The van der Waals surface area contributed by atoms with Gasteiger partial charge in [-0.2, -0.15) is 0 Å². The van der Waals surface area contributed by atoms with E-state index in [1.165, 1.54) is 25.7 Å². The van der Waals surface area contributed by atoms with E-state index in [1.54, 1.807) is 0 Å². The Morgan fingerprint density at radius 2 is 2.04 bits per heavy atom. The minimum absolute atomic E-state index is 0.329. The summed E-state index contributed by atoms with van der Waals surface area (Å²) < 4.78 is 2.07. The van der Waals surface area contributed by atoms with Crippen molar-refractivity contribution in [2.75, 3.05) is 5.32 Å². The van der Waals surface area contributed by atoms with Gasteiger partial charge in [0.2, 0.25) is 12.1 Å².